The molecular formula is C13H16F3N3OS. The minimum absolute atomic E-state index is 0.250. The zero-order valence-corrected chi connectivity index (χ0v) is 12.5. The van der Waals surface area contributed by atoms with Gasteiger partial charge in [0.05, 0.1) is 5.39 Å². The molecular weight excluding hydrogens is 303 g/mol. The molecule has 0 spiro atoms. The summed E-state index contributed by atoms with van der Waals surface area (Å²) in [6.45, 7) is 3.46. The van der Waals surface area contributed by atoms with Crippen molar-refractivity contribution in [2.75, 3.05) is 11.9 Å². The average molecular weight is 319 g/mol. The van der Waals surface area contributed by atoms with E-state index in [4.69, 9.17) is 4.74 Å². The predicted molar refractivity (Wildman–Crippen MR) is 76.5 cm³/mol. The van der Waals surface area contributed by atoms with E-state index in [1.54, 1.807) is 0 Å². The van der Waals surface area contributed by atoms with Crippen LogP contribution >= 0.6 is 11.3 Å². The van der Waals surface area contributed by atoms with Gasteiger partial charge in [-0.1, -0.05) is 6.92 Å². The lowest BCUT2D eigenvalue weighted by Gasteiger charge is -2.16. The maximum Gasteiger partial charge on any atom is 0.414 e. The van der Waals surface area contributed by atoms with Crippen molar-refractivity contribution < 1.29 is 17.9 Å². The number of ether oxygens (including phenoxy) is 1. The molecule has 1 N–H and O–H groups in total. The molecule has 8 heteroatoms. The molecule has 2 heterocycles. The summed E-state index contributed by atoms with van der Waals surface area (Å²) >= 11 is 1.42. The summed E-state index contributed by atoms with van der Waals surface area (Å²) in [4.78, 5) is 9.23. The van der Waals surface area contributed by atoms with Gasteiger partial charge in [0.25, 0.3) is 0 Å². The Morgan fingerprint density at radius 3 is 2.81 bits per heavy atom. The topological polar surface area (TPSA) is 47.0 Å². The highest BCUT2D eigenvalue weighted by molar-refractivity contribution is 7.16. The first-order valence-electron chi connectivity index (χ1n) is 6.58. The number of alkyl halides is 3. The van der Waals surface area contributed by atoms with Crippen LogP contribution < -0.4 is 5.32 Å². The monoisotopic (exact) mass is 319 g/mol. The minimum atomic E-state index is -4.38. The summed E-state index contributed by atoms with van der Waals surface area (Å²) in [5, 5.41) is 5.91. The smallest absolute Gasteiger partial charge is 0.369 e. The van der Waals surface area contributed by atoms with E-state index in [2.05, 4.69) is 15.3 Å². The Morgan fingerprint density at radius 2 is 2.14 bits per heavy atom. The van der Waals surface area contributed by atoms with Crippen molar-refractivity contribution in [1.29, 1.82) is 0 Å². The third kappa shape index (κ3) is 4.04. The number of hydrogen-bond acceptors (Lipinski definition) is 5. The molecule has 21 heavy (non-hydrogen) atoms. The van der Waals surface area contributed by atoms with Gasteiger partial charge in [-0.2, -0.15) is 13.2 Å². The molecule has 0 amide bonds. The van der Waals surface area contributed by atoms with Crippen molar-refractivity contribution in [3.05, 3.63) is 17.3 Å². The number of thiophene rings is 1. The van der Waals surface area contributed by atoms with E-state index in [0.29, 0.717) is 5.82 Å². The molecule has 4 nitrogen and oxygen atoms in total. The van der Waals surface area contributed by atoms with E-state index in [0.717, 1.165) is 30.1 Å². The van der Waals surface area contributed by atoms with Gasteiger partial charge in [-0.15, -0.1) is 11.3 Å². The maximum absolute atomic E-state index is 12.4. The molecule has 0 saturated carbocycles. The van der Waals surface area contributed by atoms with Crippen LogP contribution in [0.1, 0.15) is 26.1 Å². The second-order valence-corrected chi connectivity index (χ2v) is 5.44. The summed E-state index contributed by atoms with van der Waals surface area (Å²) in [7, 11) is 0. The van der Waals surface area contributed by atoms with Crippen LogP contribution in [0.4, 0.5) is 19.0 Å². The first-order valence-corrected chi connectivity index (χ1v) is 7.46. The van der Waals surface area contributed by atoms with Crippen LogP contribution in [-0.4, -0.2) is 28.8 Å². The fourth-order valence-corrected chi connectivity index (χ4v) is 2.42. The Bertz CT molecular complexity index is 600. The first-order chi connectivity index (χ1) is 9.91. The van der Waals surface area contributed by atoms with E-state index < -0.39 is 12.3 Å². The largest absolute Gasteiger partial charge is 0.414 e. The summed E-state index contributed by atoms with van der Waals surface area (Å²) in [5.74, 6) is 0.890. The molecule has 2 aromatic heterocycles. The quantitative estimate of drug-likeness (QED) is 0.875. The van der Waals surface area contributed by atoms with Crippen LogP contribution in [0.15, 0.2) is 11.4 Å². The van der Waals surface area contributed by atoms with Gasteiger partial charge in [-0.3, -0.25) is 0 Å². The fraction of sp³-hybridized carbons (Fsp3) is 0.538. The minimum Gasteiger partial charge on any atom is -0.369 e. The molecule has 0 saturated heterocycles. The number of halogens is 3. The van der Waals surface area contributed by atoms with Crippen molar-refractivity contribution >= 4 is 27.4 Å². The van der Waals surface area contributed by atoms with Gasteiger partial charge < -0.3 is 10.1 Å². The van der Waals surface area contributed by atoms with E-state index >= 15 is 0 Å². The SMILES string of the molecule is CCCNc1nc(COC(C)C(F)(F)F)nc2sccc12. The lowest BCUT2D eigenvalue weighted by atomic mass is 10.3. The predicted octanol–water partition coefficient (Wildman–Crippen LogP) is 3.98. The Balaban J connectivity index is 2.16. The molecule has 0 aliphatic heterocycles. The van der Waals surface area contributed by atoms with Crippen molar-refractivity contribution in [3.8, 4) is 0 Å². The van der Waals surface area contributed by atoms with E-state index in [1.165, 1.54) is 11.3 Å². The van der Waals surface area contributed by atoms with Crippen molar-refractivity contribution in [3.63, 3.8) is 0 Å². The highest BCUT2D eigenvalue weighted by Crippen LogP contribution is 2.26. The van der Waals surface area contributed by atoms with Gasteiger partial charge in [0.2, 0.25) is 0 Å². The van der Waals surface area contributed by atoms with Crippen LogP contribution in [0.2, 0.25) is 0 Å². The Hall–Kier alpha value is -1.41. The van der Waals surface area contributed by atoms with Gasteiger partial charge >= 0.3 is 6.18 Å². The van der Waals surface area contributed by atoms with Crippen molar-refractivity contribution in [2.24, 2.45) is 0 Å². The molecule has 0 aliphatic rings. The van der Waals surface area contributed by atoms with Crippen LogP contribution in [0.3, 0.4) is 0 Å². The van der Waals surface area contributed by atoms with Crippen LogP contribution in [0, 0.1) is 0 Å². The van der Waals surface area contributed by atoms with E-state index in [1.807, 2.05) is 18.4 Å². The molecule has 0 radical (unpaired) electrons. The summed E-state index contributed by atoms with van der Waals surface area (Å²) in [5.41, 5.74) is 0. The fourth-order valence-electron chi connectivity index (χ4n) is 1.64. The number of fused-ring (bicyclic) bond motifs is 1. The second kappa shape index (κ2) is 6.57. The standard InChI is InChI=1S/C13H16F3N3OS/c1-3-5-17-11-9-4-6-21-12(9)19-10(18-11)7-20-8(2)13(14,15)16/h4,6,8H,3,5,7H2,1-2H3,(H,17,18,19). The summed E-state index contributed by atoms with van der Waals surface area (Å²) in [6, 6.07) is 1.89. The number of hydrogen-bond donors (Lipinski definition) is 1. The van der Waals surface area contributed by atoms with Crippen molar-refractivity contribution in [1.82, 2.24) is 9.97 Å². The normalized spacial score (nSPS) is 13.6. The van der Waals surface area contributed by atoms with Gasteiger partial charge in [0.1, 0.15) is 17.3 Å². The first kappa shape index (κ1) is 16.0. The number of nitrogens with one attached hydrogen (secondary N) is 1. The van der Waals surface area contributed by atoms with Crippen LogP contribution in [-0.2, 0) is 11.3 Å². The molecule has 0 aromatic carbocycles. The number of rotatable bonds is 6. The van der Waals surface area contributed by atoms with E-state index in [-0.39, 0.29) is 12.4 Å². The highest BCUT2D eigenvalue weighted by Gasteiger charge is 2.37. The molecule has 2 aromatic rings. The van der Waals surface area contributed by atoms with Gasteiger partial charge in [-0.05, 0) is 24.8 Å². The highest BCUT2D eigenvalue weighted by atomic mass is 32.1. The zero-order valence-electron chi connectivity index (χ0n) is 11.7. The zero-order chi connectivity index (χ0) is 15.5. The number of aromatic nitrogens is 2. The third-order valence-electron chi connectivity index (χ3n) is 2.84. The molecule has 0 fully saturated rings. The second-order valence-electron chi connectivity index (χ2n) is 4.55. The molecule has 2 rings (SSSR count). The number of nitrogens with zero attached hydrogens (tertiary/aromatic N) is 2. The molecule has 0 bridgehead atoms. The lowest BCUT2D eigenvalue weighted by molar-refractivity contribution is -0.217. The van der Waals surface area contributed by atoms with Gasteiger partial charge in [0.15, 0.2) is 11.9 Å². The summed E-state index contributed by atoms with van der Waals surface area (Å²) in [6.07, 6.45) is -5.30. The average Bonchev–Trinajstić information content (AvgIpc) is 2.89. The molecule has 116 valence electrons. The molecule has 0 aliphatic carbocycles. The van der Waals surface area contributed by atoms with Crippen LogP contribution in [0.5, 0.6) is 0 Å². The third-order valence-corrected chi connectivity index (χ3v) is 3.64. The molecule has 1 unspecified atom stereocenters. The Kier molecular flexibility index (Phi) is 5.00. The Morgan fingerprint density at radius 1 is 1.38 bits per heavy atom. The van der Waals surface area contributed by atoms with Gasteiger partial charge in [-0.25, -0.2) is 9.97 Å². The maximum atomic E-state index is 12.4. The van der Waals surface area contributed by atoms with Crippen molar-refractivity contribution in [2.45, 2.75) is 39.2 Å². The lowest BCUT2D eigenvalue weighted by Crippen LogP contribution is -2.28. The molecule has 1 atom stereocenters. The van der Waals surface area contributed by atoms with Crippen LogP contribution in [0.25, 0.3) is 10.2 Å². The Labute approximate surface area is 124 Å². The van der Waals surface area contributed by atoms with E-state index in [9.17, 15) is 13.2 Å². The van der Waals surface area contributed by atoms with Gasteiger partial charge in [0, 0.05) is 6.54 Å². The summed E-state index contributed by atoms with van der Waals surface area (Å²) < 4.78 is 42.1. The number of anilines is 1.